The summed E-state index contributed by atoms with van der Waals surface area (Å²) in [6, 6.07) is 7.42. The third-order valence-electron chi connectivity index (χ3n) is 4.39. The molecule has 0 aliphatic rings. The van der Waals surface area contributed by atoms with Crippen molar-refractivity contribution in [2.45, 2.75) is 6.18 Å². The fourth-order valence-corrected chi connectivity index (χ4v) is 3.38. The van der Waals surface area contributed by atoms with Crippen LogP contribution in [-0.2, 0) is 6.18 Å². The van der Waals surface area contributed by atoms with Gasteiger partial charge in [0.2, 0.25) is 0 Å². The van der Waals surface area contributed by atoms with Crippen LogP contribution >= 0.6 is 20.8 Å². The summed E-state index contributed by atoms with van der Waals surface area (Å²) in [5, 5.41) is 6.72. The normalized spacial score (nSPS) is 11.3. The van der Waals surface area contributed by atoms with Crippen molar-refractivity contribution >= 4 is 43.6 Å². The van der Waals surface area contributed by atoms with Crippen LogP contribution in [0, 0.1) is 0 Å². The minimum Gasteiger partial charge on any atom is -0.455 e. The average Bonchev–Trinajstić information content (AvgIpc) is 3.25. The number of rotatable bonds is 5. The number of nitrogens with one attached hydrogen (secondary N) is 1. The Kier molecular flexibility index (Phi) is 6.36. The number of hydrogen-bond donors (Lipinski definition) is 2. The molecular weight excluding hydrogens is 494 g/mol. The maximum atomic E-state index is 13.8. The number of aromatic nitrogens is 5. The van der Waals surface area contributed by atoms with Gasteiger partial charge in [0.15, 0.2) is 11.4 Å². The van der Waals surface area contributed by atoms with Crippen molar-refractivity contribution in [3.8, 4) is 17.4 Å². The Labute approximate surface area is 197 Å². The maximum absolute atomic E-state index is 13.8. The number of carbonyl (C=O) groups is 1. The lowest BCUT2D eigenvalue weighted by atomic mass is 10.2. The van der Waals surface area contributed by atoms with Gasteiger partial charge in [0.1, 0.15) is 16.6 Å². The van der Waals surface area contributed by atoms with E-state index in [4.69, 9.17) is 22.1 Å². The zero-order chi connectivity index (χ0) is 24.5. The lowest BCUT2D eigenvalue weighted by molar-refractivity contribution is -0.143. The number of alkyl halides is 3. The van der Waals surface area contributed by atoms with Crippen molar-refractivity contribution < 1.29 is 22.7 Å². The highest BCUT2D eigenvalue weighted by Gasteiger charge is 2.41. The number of pyridine rings is 1. The van der Waals surface area contributed by atoms with Crippen LogP contribution in [-0.4, -0.2) is 30.6 Å². The molecule has 0 spiro atoms. The second-order valence-electron chi connectivity index (χ2n) is 6.68. The molecule has 174 valence electrons. The molecule has 1 amide bonds. The molecule has 34 heavy (non-hydrogen) atoms. The molecule has 0 saturated heterocycles. The predicted molar refractivity (Wildman–Crippen MR) is 122 cm³/mol. The molecule has 1 unspecified atom stereocenters. The highest BCUT2D eigenvalue weighted by molar-refractivity contribution is 7.27. The molecule has 0 aliphatic heterocycles. The molecule has 4 aromatic rings. The number of carbonyl (C=O) groups excluding carboxylic acids is 1. The van der Waals surface area contributed by atoms with Crippen LogP contribution in [0.25, 0.3) is 5.95 Å². The van der Waals surface area contributed by atoms with E-state index < -0.39 is 23.3 Å². The zero-order valence-electron chi connectivity index (χ0n) is 16.9. The molecule has 3 N–H and O–H groups in total. The average molecular weight is 508 g/mol. The van der Waals surface area contributed by atoms with Crippen molar-refractivity contribution in [2.75, 3.05) is 11.1 Å². The van der Waals surface area contributed by atoms with E-state index in [1.54, 1.807) is 0 Å². The monoisotopic (exact) mass is 507 g/mol. The van der Waals surface area contributed by atoms with Gasteiger partial charge in [-0.15, -0.1) is 9.24 Å². The van der Waals surface area contributed by atoms with Crippen LogP contribution in [0.15, 0.2) is 55.1 Å². The minimum atomic E-state index is -4.89. The molecule has 14 heteroatoms. The van der Waals surface area contributed by atoms with Crippen molar-refractivity contribution in [3.05, 3.63) is 71.4 Å². The maximum Gasteiger partial charge on any atom is 0.434 e. The Morgan fingerprint density at radius 2 is 1.85 bits per heavy atom. The summed E-state index contributed by atoms with van der Waals surface area (Å²) in [5.74, 6) is -0.619. The van der Waals surface area contributed by atoms with Gasteiger partial charge in [-0.25, -0.2) is 15.0 Å². The number of anilines is 2. The Morgan fingerprint density at radius 1 is 1.12 bits per heavy atom. The van der Waals surface area contributed by atoms with Crippen LogP contribution < -0.4 is 21.1 Å². The Hall–Kier alpha value is -3.76. The first kappa shape index (κ1) is 23.4. The number of halogens is 4. The number of benzene rings is 1. The second kappa shape index (κ2) is 9.24. The van der Waals surface area contributed by atoms with Gasteiger partial charge in [-0.1, -0.05) is 11.6 Å². The van der Waals surface area contributed by atoms with E-state index in [9.17, 15) is 18.0 Å². The van der Waals surface area contributed by atoms with E-state index in [2.05, 4.69) is 34.6 Å². The van der Waals surface area contributed by atoms with Crippen molar-refractivity contribution in [2.24, 2.45) is 0 Å². The number of ether oxygens (including phenoxy) is 1. The van der Waals surface area contributed by atoms with E-state index in [0.29, 0.717) is 15.7 Å². The van der Waals surface area contributed by atoms with Crippen LogP contribution in [0.2, 0.25) is 5.02 Å². The summed E-state index contributed by atoms with van der Waals surface area (Å²) in [4.78, 5) is 24.1. The molecule has 0 aliphatic carbocycles. The molecule has 3 heterocycles. The van der Waals surface area contributed by atoms with Crippen LogP contribution in [0.1, 0.15) is 16.1 Å². The number of nitrogens with two attached hydrogens (primary N) is 1. The molecule has 3 aromatic heterocycles. The molecule has 1 atom stereocenters. The molecular formula is C20H14ClF3N7O2P. The van der Waals surface area contributed by atoms with Crippen molar-refractivity contribution in [3.63, 3.8) is 0 Å². The number of amides is 1. The van der Waals surface area contributed by atoms with Crippen molar-refractivity contribution in [1.82, 2.24) is 24.7 Å². The van der Waals surface area contributed by atoms with Gasteiger partial charge >= 0.3 is 6.18 Å². The summed E-state index contributed by atoms with van der Waals surface area (Å²) < 4.78 is 47.5. The molecule has 0 fully saturated rings. The zero-order valence-corrected chi connectivity index (χ0v) is 18.8. The van der Waals surface area contributed by atoms with Crippen molar-refractivity contribution in [1.29, 1.82) is 0 Å². The van der Waals surface area contributed by atoms with Gasteiger partial charge in [-0.2, -0.15) is 23.0 Å². The quantitative estimate of drug-likeness (QED) is 0.393. The summed E-state index contributed by atoms with van der Waals surface area (Å²) in [6.45, 7) is 0. The second-order valence-corrected chi connectivity index (χ2v) is 7.68. The summed E-state index contributed by atoms with van der Waals surface area (Å²) in [6.07, 6.45) is -0.129. The molecule has 4 rings (SSSR count). The smallest absolute Gasteiger partial charge is 0.434 e. The third-order valence-corrected chi connectivity index (χ3v) is 5.22. The summed E-state index contributed by atoms with van der Waals surface area (Å²) in [5.41, 5.74) is 3.89. The fourth-order valence-electron chi connectivity index (χ4n) is 2.90. The lowest BCUT2D eigenvalue weighted by Crippen LogP contribution is -2.21. The van der Waals surface area contributed by atoms with Crippen LogP contribution in [0.5, 0.6) is 11.5 Å². The van der Waals surface area contributed by atoms with Gasteiger partial charge in [-0.3, -0.25) is 4.79 Å². The van der Waals surface area contributed by atoms with Crippen LogP contribution in [0.4, 0.5) is 24.7 Å². The molecule has 9 nitrogen and oxygen atoms in total. The third kappa shape index (κ3) is 4.78. The summed E-state index contributed by atoms with van der Waals surface area (Å²) >= 11 is 6.08. The lowest BCUT2D eigenvalue weighted by Gasteiger charge is -2.13. The van der Waals surface area contributed by atoms with Crippen LogP contribution in [0.3, 0.4) is 0 Å². The number of nitrogen functional groups attached to an aromatic ring is 1. The Balaban J connectivity index is 1.59. The molecule has 0 radical (unpaired) electrons. The summed E-state index contributed by atoms with van der Waals surface area (Å²) in [7, 11) is 2.40. The van der Waals surface area contributed by atoms with Gasteiger partial charge in [0, 0.05) is 35.6 Å². The van der Waals surface area contributed by atoms with E-state index in [1.165, 1.54) is 48.9 Å². The van der Waals surface area contributed by atoms with Gasteiger partial charge in [0.05, 0.1) is 11.8 Å². The van der Waals surface area contributed by atoms with E-state index >= 15 is 0 Å². The van der Waals surface area contributed by atoms with Gasteiger partial charge < -0.3 is 15.8 Å². The Bertz CT molecular complexity index is 1370. The highest BCUT2D eigenvalue weighted by Crippen LogP contribution is 2.34. The number of nitrogens with zero attached hydrogens (tertiary/aromatic N) is 5. The van der Waals surface area contributed by atoms with E-state index in [0.717, 1.165) is 6.20 Å². The first-order valence-electron chi connectivity index (χ1n) is 9.36. The topological polar surface area (TPSA) is 121 Å². The standard InChI is InChI=1S/C20H14ClF3N7O2P/c21-15-13(4-7-26-17(15)25)33-12-3-2-10(8-14(12)34)30-18(32)11-9-29-31(16(11)20(22,23)24)19-27-5-1-6-28-19/h1-9H,34H2,(H2,25,26)(H,30,32). The first-order valence-corrected chi connectivity index (χ1v) is 10.3. The Morgan fingerprint density at radius 3 is 2.53 bits per heavy atom. The SMILES string of the molecule is Nc1nccc(Oc2ccc(NC(=O)c3cnn(-c4ncccn4)c3C(F)(F)F)cc2P)c1Cl. The first-order chi connectivity index (χ1) is 16.1. The van der Waals surface area contributed by atoms with E-state index in [1.807, 2.05) is 0 Å². The fraction of sp³-hybridized carbons (Fsp3) is 0.0500. The largest absolute Gasteiger partial charge is 0.455 e. The molecule has 0 bridgehead atoms. The predicted octanol–water partition coefficient (Wildman–Crippen LogP) is 3.86. The molecule has 0 saturated carbocycles. The minimum absolute atomic E-state index is 0.0928. The van der Waals surface area contributed by atoms with E-state index in [-0.39, 0.29) is 28.2 Å². The number of hydrogen-bond acceptors (Lipinski definition) is 7. The highest BCUT2D eigenvalue weighted by atomic mass is 35.5. The van der Waals surface area contributed by atoms with Gasteiger partial charge in [-0.05, 0) is 24.3 Å². The van der Waals surface area contributed by atoms with Gasteiger partial charge in [0.25, 0.3) is 11.9 Å². The molecule has 1 aromatic carbocycles.